The molecule has 0 radical (unpaired) electrons. The van der Waals surface area contributed by atoms with Crippen LogP contribution in [0.4, 0.5) is 0 Å². The maximum Gasteiger partial charge on any atom is 0.0781 e. The first-order valence-electron chi connectivity index (χ1n) is 4.34. The highest BCUT2D eigenvalue weighted by Crippen LogP contribution is 2.17. The van der Waals surface area contributed by atoms with Gasteiger partial charge in [-0.3, -0.25) is 0 Å². The lowest BCUT2D eigenvalue weighted by Gasteiger charge is -2.01. The Morgan fingerprint density at radius 2 is 2.00 bits per heavy atom. The Kier molecular flexibility index (Phi) is 5.69. The second-order valence-electron chi connectivity index (χ2n) is 2.90. The normalized spacial score (nSPS) is 11.5. The summed E-state index contributed by atoms with van der Waals surface area (Å²) in [5, 5.41) is 1.52. The maximum atomic E-state index is 5.79. The molecule has 4 heteroatoms. The minimum atomic E-state index is 0.725. The van der Waals surface area contributed by atoms with Crippen molar-refractivity contribution in [2.24, 2.45) is 0 Å². The lowest BCUT2D eigenvalue weighted by atomic mass is 10.2. The number of allylic oxidation sites excluding steroid dienone is 1. The van der Waals surface area contributed by atoms with Gasteiger partial charge >= 0.3 is 0 Å². The van der Waals surface area contributed by atoms with Gasteiger partial charge in [0, 0.05) is 15.8 Å². The molecule has 80 valence electrons. The maximum absolute atomic E-state index is 5.79. The van der Waals surface area contributed by atoms with Crippen molar-refractivity contribution in [3.8, 4) is 0 Å². The summed E-state index contributed by atoms with van der Waals surface area (Å²) in [6, 6.07) is 7.53. The Balaban J connectivity index is 2.54. The Bertz CT molecular complexity index is 365. The number of hydrogen-bond acceptors (Lipinski definition) is 2. The molecule has 0 aliphatic carbocycles. The van der Waals surface area contributed by atoms with E-state index in [0.29, 0.717) is 0 Å². The van der Waals surface area contributed by atoms with Crippen LogP contribution >= 0.6 is 47.2 Å². The highest BCUT2D eigenvalue weighted by Gasteiger charge is 2.00. The fourth-order valence-corrected chi connectivity index (χ4v) is 2.32. The van der Waals surface area contributed by atoms with Crippen LogP contribution in [-0.2, 0) is 0 Å². The first-order chi connectivity index (χ1) is 7.09. The van der Waals surface area contributed by atoms with Crippen LogP contribution in [0, 0.1) is 0 Å². The number of hydrogen-bond donors (Lipinski definition) is 0. The fraction of sp³-hybridized carbons (Fsp3) is 0.182. The molecule has 0 spiro atoms. The van der Waals surface area contributed by atoms with Crippen molar-refractivity contribution in [3.63, 3.8) is 0 Å². The van der Waals surface area contributed by atoms with Gasteiger partial charge in [0.2, 0.25) is 0 Å². The van der Waals surface area contributed by atoms with Crippen molar-refractivity contribution >= 4 is 51.4 Å². The molecule has 1 aromatic carbocycles. The molecule has 0 amide bonds. The van der Waals surface area contributed by atoms with Gasteiger partial charge in [-0.2, -0.15) is 0 Å². The van der Waals surface area contributed by atoms with Gasteiger partial charge < -0.3 is 0 Å². The molecule has 0 saturated heterocycles. The van der Waals surface area contributed by atoms with Gasteiger partial charge in [0.1, 0.15) is 0 Å². The van der Waals surface area contributed by atoms with E-state index in [9.17, 15) is 0 Å². The average molecular weight is 277 g/mol. The minimum absolute atomic E-state index is 0.725. The van der Waals surface area contributed by atoms with E-state index in [1.54, 1.807) is 11.8 Å². The fourth-order valence-electron chi connectivity index (χ4n) is 0.901. The molecule has 0 aromatic heterocycles. The molecule has 0 nitrogen and oxygen atoms in total. The Morgan fingerprint density at radius 1 is 1.40 bits per heavy atom. The highest BCUT2D eigenvalue weighted by atomic mass is 35.5. The zero-order chi connectivity index (χ0) is 11.3. The SMILES string of the molecule is CC(Cl)=CCSC(=S)c1ccc(Cl)cc1. The Hall–Kier alpha value is -0.0200. The highest BCUT2D eigenvalue weighted by molar-refractivity contribution is 8.23. The molecule has 0 aliphatic heterocycles. The van der Waals surface area contributed by atoms with Crippen LogP contribution in [-0.4, -0.2) is 9.95 Å². The Morgan fingerprint density at radius 3 is 2.53 bits per heavy atom. The lowest BCUT2D eigenvalue weighted by molar-refractivity contribution is 1.60. The van der Waals surface area contributed by atoms with Crippen LogP contribution in [0.2, 0.25) is 5.02 Å². The molecule has 0 aliphatic rings. The molecule has 1 aromatic rings. The lowest BCUT2D eigenvalue weighted by Crippen LogP contribution is -1.91. The summed E-state index contributed by atoms with van der Waals surface area (Å²) >= 11 is 18.4. The van der Waals surface area contributed by atoms with Gasteiger partial charge in [-0.1, -0.05) is 53.6 Å². The first kappa shape index (κ1) is 13.0. The largest absolute Gasteiger partial charge is 0.110 e. The van der Waals surface area contributed by atoms with Crippen LogP contribution in [0.5, 0.6) is 0 Å². The van der Waals surface area contributed by atoms with Gasteiger partial charge in [0.05, 0.1) is 4.20 Å². The van der Waals surface area contributed by atoms with Gasteiger partial charge in [0.25, 0.3) is 0 Å². The summed E-state index contributed by atoms with van der Waals surface area (Å²) in [5.41, 5.74) is 1.03. The van der Waals surface area contributed by atoms with E-state index in [2.05, 4.69) is 0 Å². The van der Waals surface area contributed by atoms with Crippen molar-refractivity contribution in [1.82, 2.24) is 0 Å². The summed E-state index contributed by atoms with van der Waals surface area (Å²) in [5.74, 6) is 0.802. The van der Waals surface area contributed by atoms with E-state index in [1.807, 2.05) is 37.3 Å². The smallest absolute Gasteiger partial charge is 0.0781 e. The third-order valence-electron chi connectivity index (χ3n) is 1.66. The number of thioether (sulfide) groups is 1. The van der Waals surface area contributed by atoms with E-state index in [0.717, 1.165) is 25.6 Å². The van der Waals surface area contributed by atoms with E-state index in [1.165, 1.54) is 0 Å². The zero-order valence-electron chi connectivity index (χ0n) is 8.17. The van der Waals surface area contributed by atoms with Crippen molar-refractivity contribution < 1.29 is 0 Å². The summed E-state index contributed by atoms with van der Waals surface area (Å²) in [4.78, 5) is 0. The van der Waals surface area contributed by atoms with Gasteiger partial charge in [-0.15, -0.1) is 11.8 Å². The topological polar surface area (TPSA) is 0 Å². The van der Waals surface area contributed by atoms with Crippen molar-refractivity contribution in [2.45, 2.75) is 6.92 Å². The number of rotatable bonds is 3. The number of benzene rings is 1. The van der Waals surface area contributed by atoms with E-state index in [-0.39, 0.29) is 0 Å². The van der Waals surface area contributed by atoms with Crippen LogP contribution < -0.4 is 0 Å². The average Bonchev–Trinajstić information content (AvgIpc) is 2.18. The van der Waals surface area contributed by atoms with Crippen LogP contribution in [0.1, 0.15) is 12.5 Å². The third-order valence-corrected chi connectivity index (χ3v) is 3.49. The molecule has 0 heterocycles. The van der Waals surface area contributed by atoms with Crippen LogP contribution in [0.25, 0.3) is 0 Å². The second-order valence-corrected chi connectivity index (χ2v) is 5.63. The molecule has 0 N–H and O–H groups in total. The molecular formula is C11H10Cl2S2. The van der Waals surface area contributed by atoms with Crippen LogP contribution in [0.3, 0.4) is 0 Å². The summed E-state index contributed by atoms with van der Waals surface area (Å²) in [6.45, 7) is 1.85. The monoisotopic (exact) mass is 276 g/mol. The predicted octanol–water partition coefficient (Wildman–Crippen LogP) is 4.89. The standard InChI is InChI=1S/C11H10Cl2S2/c1-8(12)6-7-15-11(14)9-2-4-10(13)5-3-9/h2-6H,7H2,1H3. The summed E-state index contributed by atoms with van der Waals surface area (Å²) in [6.07, 6.45) is 1.94. The molecule has 15 heavy (non-hydrogen) atoms. The predicted molar refractivity (Wildman–Crippen MR) is 75.2 cm³/mol. The molecule has 0 bridgehead atoms. The number of thiocarbonyl (C=S) groups is 1. The Labute approximate surface area is 110 Å². The van der Waals surface area contributed by atoms with Crippen molar-refractivity contribution in [2.75, 3.05) is 5.75 Å². The quantitative estimate of drug-likeness (QED) is 0.721. The van der Waals surface area contributed by atoms with Gasteiger partial charge in [-0.05, 0) is 24.6 Å². The molecule has 1 rings (SSSR count). The van der Waals surface area contributed by atoms with Crippen molar-refractivity contribution in [1.29, 1.82) is 0 Å². The van der Waals surface area contributed by atoms with Gasteiger partial charge in [-0.25, -0.2) is 0 Å². The summed E-state index contributed by atoms with van der Waals surface area (Å²) in [7, 11) is 0. The molecular weight excluding hydrogens is 267 g/mol. The first-order valence-corrected chi connectivity index (χ1v) is 6.49. The third kappa shape index (κ3) is 5.03. The van der Waals surface area contributed by atoms with E-state index < -0.39 is 0 Å². The number of halogens is 2. The minimum Gasteiger partial charge on any atom is -0.110 e. The van der Waals surface area contributed by atoms with E-state index in [4.69, 9.17) is 35.4 Å². The molecule has 0 fully saturated rings. The molecule has 0 unspecified atom stereocenters. The molecule has 0 atom stereocenters. The second kappa shape index (κ2) is 6.54. The zero-order valence-corrected chi connectivity index (χ0v) is 11.3. The van der Waals surface area contributed by atoms with Crippen LogP contribution in [0.15, 0.2) is 35.4 Å². The molecule has 0 saturated carbocycles. The van der Waals surface area contributed by atoms with E-state index >= 15 is 0 Å². The van der Waals surface area contributed by atoms with Gasteiger partial charge in [0.15, 0.2) is 0 Å². The summed E-state index contributed by atoms with van der Waals surface area (Å²) < 4.78 is 0.862. The van der Waals surface area contributed by atoms with Crippen molar-refractivity contribution in [3.05, 3.63) is 46.0 Å².